The third kappa shape index (κ3) is 4.73. The van der Waals surface area contributed by atoms with Crippen LogP contribution in [-0.2, 0) is 0 Å². The number of amides is 1. The predicted octanol–water partition coefficient (Wildman–Crippen LogP) is 4.39. The molecule has 0 saturated carbocycles. The van der Waals surface area contributed by atoms with E-state index >= 15 is 0 Å². The van der Waals surface area contributed by atoms with Gasteiger partial charge in [0, 0.05) is 18.2 Å². The molecule has 6 heteroatoms. The van der Waals surface area contributed by atoms with Crippen LogP contribution in [0.15, 0.2) is 73.3 Å². The average molecular weight is 374 g/mol. The van der Waals surface area contributed by atoms with Gasteiger partial charge in [-0.25, -0.2) is 9.97 Å². The van der Waals surface area contributed by atoms with Crippen molar-refractivity contribution in [3.63, 3.8) is 0 Å². The third-order valence-electron chi connectivity index (χ3n) is 3.85. The largest absolute Gasteiger partial charge is 0.492 e. The van der Waals surface area contributed by atoms with Crippen molar-refractivity contribution in [2.24, 2.45) is 0 Å². The topological polar surface area (TPSA) is 76.1 Å². The molecule has 0 saturated heterocycles. The molecule has 0 radical (unpaired) electrons. The second-order valence-corrected chi connectivity index (χ2v) is 5.88. The number of benzene rings is 2. The van der Waals surface area contributed by atoms with Gasteiger partial charge in [0.2, 0.25) is 0 Å². The Kier molecular flexibility index (Phi) is 6.36. The molecule has 0 aliphatic rings. The second kappa shape index (κ2) is 9.32. The summed E-state index contributed by atoms with van der Waals surface area (Å²) < 4.78 is 5.57. The quantitative estimate of drug-likeness (QED) is 0.572. The van der Waals surface area contributed by atoms with Gasteiger partial charge in [0.05, 0.1) is 12.3 Å². The van der Waals surface area contributed by atoms with Gasteiger partial charge in [-0.15, -0.1) is 6.58 Å². The van der Waals surface area contributed by atoms with E-state index in [9.17, 15) is 4.79 Å². The summed E-state index contributed by atoms with van der Waals surface area (Å²) in [6.07, 6.45) is 1.72. The summed E-state index contributed by atoms with van der Waals surface area (Å²) in [5, 5.41) is 5.99. The Morgan fingerprint density at radius 1 is 1.11 bits per heavy atom. The molecule has 0 fully saturated rings. The first kappa shape index (κ1) is 19.1. The molecule has 2 N–H and O–H groups in total. The molecule has 0 unspecified atom stereocenters. The zero-order chi connectivity index (χ0) is 19.8. The molecular weight excluding hydrogens is 352 g/mol. The zero-order valence-corrected chi connectivity index (χ0v) is 15.7. The third-order valence-corrected chi connectivity index (χ3v) is 3.85. The lowest BCUT2D eigenvalue weighted by Crippen LogP contribution is -2.16. The number of rotatable bonds is 8. The van der Waals surface area contributed by atoms with Gasteiger partial charge >= 0.3 is 0 Å². The van der Waals surface area contributed by atoms with Crippen LogP contribution in [-0.4, -0.2) is 29.0 Å². The predicted molar refractivity (Wildman–Crippen MR) is 112 cm³/mol. The van der Waals surface area contributed by atoms with E-state index in [4.69, 9.17) is 4.74 Å². The maximum atomic E-state index is 12.9. The maximum Gasteiger partial charge on any atom is 0.274 e. The van der Waals surface area contributed by atoms with Crippen LogP contribution in [0.5, 0.6) is 5.75 Å². The highest BCUT2D eigenvalue weighted by Gasteiger charge is 2.15. The van der Waals surface area contributed by atoms with E-state index in [0.29, 0.717) is 36.2 Å². The van der Waals surface area contributed by atoms with Crippen LogP contribution in [0.2, 0.25) is 0 Å². The van der Waals surface area contributed by atoms with Crippen molar-refractivity contribution in [2.45, 2.75) is 6.92 Å². The molecule has 0 aliphatic heterocycles. The summed E-state index contributed by atoms with van der Waals surface area (Å²) in [6.45, 7) is 6.63. The molecule has 3 rings (SSSR count). The van der Waals surface area contributed by atoms with Gasteiger partial charge in [0.1, 0.15) is 17.3 Å². The van der Waals surface area contributed by atoms with Crippen LogP contribution in [0.1, 0.15) is 17.4 Å². The molecule has 6 nitrogen and oxygen atoms in total. The van der Waals surface area contributed by atoms with E-state index in [1.54, 1.807) is 18.2 Å². The normalized spacial score (nSPS) is 10.2. The van der Waals surface area contributed by atoms with Crippen molar-refractivity contribution in [3.05, 3.63) is 79.0 Å². The Morgan fingerprint density at radius 3 is 2.61 bits per heavy atom. The number of carbonyl (C=O) groups excluding carboxylic acids is 1. The Hall–Kier alpha value is -3.67. The number of nitrogens with zero attached hydrogens (tertiary/aromatic N) is 2. The summed E-state index contributed by atoms with van der Waals surface area (Å²) in [5.74, 6) is 1.30. The van der Waals surface area contributed by atoms with E-state index < -0.39 is 0 Å². The van der Waals surface area contributed by atoms with Gasteiger partial charge in [-0.05, 0) is 19.1 Å². The Morgan fingerprint density at radius 2 is 1.86 bits per heavy atom. The van der Waals surface area contributed by atoms with Crippen LogP contribution in [0.4, 0.5) is 11.5 Å². The van der Waals surface area contributed by atoms with Crippen LogP contribution in [0.25, 0.3) is 11.4 Å². The fourth-order valence-corrected chi connectivity index (χ4v) is 2.58. The standard InChI is InChI=1S/C22H22N4O2/c1-3-14-23-20-15-18(24-21(26-20)16-10-6-5-7-11-16)22(27)25-17-12-8-9-13-19(17)28-4-2/h3,5-13,15H,1,4,14H2,2H3,(H,25,27)(H,23,24,26). The molecule has 1 amide bonds. The van der Waals surface area contributed by atoms with Gasteiger partial charge in [-0.3, -0.25) is 4.79 Å². The minimum Gasteiger partial charge on any atom is -0.492 e. The maximum absolute atomic E-state index is 12.9. The summed E-state index contributed by atoms with van der Waals surface area (Å²) in [6, 6.07) is 18.4. The monoisotopic (exact) mass is 374 g/mol. The first-order valence-electron chi connectivity index (χ1n) is 9.03. The van der Waals surface area contributed by atoms with E-state index in [2.05, 4.69) is 27.2 Å². The summed E-state index contributed by atoms with van der Waals surface area (Å²) in [7, 11) is 0. The molecular formula is C22H22N4O2. The van der Waals surface area contributed by atoms with Crippen LogP contribution in [0.3, 0.4) is 0 Å². The highest BCUT2D eigenvalue weighted by Crippen LogP contribution is 2.25. The van der Waals surface area contributed by atoms with E-state index in [1.807, 2.05) is 55.5 Å². The molecule has 0 spiro atoms. The number of nitrogens with one attached hydrogen (secondary N) is 2. The lowest BCUT2D eigenvalue weighted by molar-refractivity contribution is 0.102. The highest BCUT2D eigenvalue weighted by atomic mass is 16.5. The Labute approximate surface area is 164 Å². The van der Waals surface area contributed by atoms with E-state index in [0.717, 1.165) is 5.56 Å². The number of hydrogen-bond donors (Lipinski definition) is 2. The molecule has 3 aromatic rings. The molecule has 0 atom stereocenters. The van der Waals surface area contributed by atoms with Gasteiger partial charge in [-0.2, -0.15) is 0 Å². The fraction of sp³-hybridized carbons (Fsp3) is 0.136. The van der Waals surface area contributed by atoms with Crippen molar-refractivity contribution in [1.29, 1.82) is 0 Å². The minimum atomic E-state index is -0.339. The van der Waals surface area contributed by atoms with Crippen molar-refractivity contribution in [1.82, 2.24) is 9.97 Å². The van der Waals surface area contributed by atoms with Crippen molar-refractivity contribution in [2.75, 3.05) is 23.8 Å². The Balaban J connectivity index is 1.93. The SMILES string of the molecule is C=CCNc1cc(C(=O)Nc2ccccc2OCC)nc(-c2ccccc2)n1. The number of anilines is 2. The smallest absolute Gasteiger partial charge is 0.274 e. The number of carbonyl (C=O) groups is 1. The molecule has 0 aliphatic carbocycles. The van der Waals surface area contributed by atoms with Crippen LogP contribution < -0.4 is 15.4 Å². The van der Waals surface area contributed by atoms with Gasteiger partial charge in [0.25, 0.3) is 5.91 Å². The summed E-state index contributed by atoms with van der Waals surface area (Å²) in [5.41, 5.74) is 1.68. The number of hydrogen-bond acceptors (Lipinski definition) is 5. The van der Waals surface area contributed by atoms with Crippen LogP contribution >= 0.6 is 0 Å². The van der Waals surface area contributed by atoms with Gasteiger partial charge in [-0.1, -0.05) is 48.5 Å². The Bertz CT molecular complexity index is 958. The molecule has 142 valence electrons. The summed E-state index contributed by atoms with van der Waals surface area (Å²) >= 11 is 0. The van der Waals surface area contributed by atoms with Crippen molar-refractivity contribution >= 4 is 17.4 Å². The summed E-state index contributed by atoms with van der Waals surface area (Å²) in [4.78, 5) is 21.8. The lowest BCUT2D eigenvalue weighted by atomic mass is 10.2. The van der Waals surface area contributed by atoms with Crippen LogP contribution in [0, 0.1) is 0 Å². The first-order chi connectivity index (χ1) is 13.7. The number of ether oxygens (including phenoxy) is 1. The number of para-hydroxylation sites is 2. The van der Waals surface area contributed by atoms with E-state index in [-0.39, 0.29) is 11.6 Å². The van der Waals surface area contributed by atoms with Crippen molar-refractivity contribution in [3.8, 4) is 17.1 Å². The molecule has 1 aromatic heterocycles. The zero-order valence-electron chi connectivity index (χ0n) is 15.7. The van der Waals surface area contributed by atoms with Crippen molar-refractivity contribution < 1.29 is 9.53 Å². The van der Waals surface area contributed by atoms with E-state index in [1.165, 1.54) is 0 Å². The lowest BCUT2D eigenvalue weighted by Gasteiger charge is -2.12. The van der Waals surface area contributed by atoms with Gasteiger partial charge in [0.15, 0.2) is 5.82 Å². The van der Waals surface area contributed by atoms with Gasteiger partial charge < -0.3 is 15.4 Å². The molecule has 28 heavy (non-hydrogen) atoms. The molecule has 2 aromatic carbocycles. The molecule has 1 heterocycles. The second-order valence-electron chi connectivity index (χ2n) is 5.88. The highest BCUT2D eigenvalue weighted by molar-refractivity contribution is 6.04. The molecule has 0 bridgehead atoms. The first-order valence-corrected chi connectivity index (χ1v) is 9.03. The minimum absolute atomic E-state index is 0.256. The average Bonchev–Trinajstić information content (AvgIpc) is 2.74. The number of aromatic nitrogens is 2. The fourth-order valence-electron chi connectivity index (χ4n) is 2.58.